The molecule has 0 amide bonds. The number of hydrogen-bond acceptors (Lipinski definition) is 5. The summed E-state index contributed by atoms with van der Waals surface area (Å²) in [5, 5.41) is 9.27. The third kappa shape index (κ3) is 4.22. The molecular weight excluding hydrogens is 294 g/mol. The van der Waals surface area contributed by atoms with Gasteiger partial charge in [-0.3, -0.25) is 4.99 Å². The number of nitrogens with zero attached hydrogens (tertiary/aromatic N) is 1. The summed E-state index contributed by atoms with van der Waals surface area (Å²) in [6.07, 6.45) is 0. The van der Waals surface area contributed by atoms with Crippen molar-refractivity contribution in [1.29, 1.82) is 0 Å². The van der Waals surface area contributed by atoms with E-state index in [1.165, 1.54) is 12.1 Å². The molecule has 0 aliphatic carbocycles. The molecule has 0 radical (unpaired) electrons. The lowest BCUT2D eigenvalue weighted by molar-refractivity contribution is 0.436. The largest absolute Gasteiger partial charge is 0.361 e. The smallest absolute Gasteiger partial charge is 0.238 e. The van der Waals surface area contributed by atoms with E-state index in [0.29, 0.717) is 6.54 Å². The maximum absolute atomic E-state index is 11.1. The highest BCUT2D eigenvalue weighted by Gasteiger charge is 2.23. The Morgan fingerprint density at radius 1 is 1.35 bits per heavy atom. The summed E-state index contributed by atoms with van der Waals surface area (Å²) in [6, 6.07) is 6.55. The average molecular weight is 313 g/mol. The molecular formula is C13H19N3O2S2. The predicted molar refractivity (Wildman–Crippen MR) is 83.2 cm³/mol. The molecule has 110 valence electrons. The highest BCUT2D eigenvalue weighted by atomic mass is 32.2. The molecule has 20 heavy (non-hydrogen) atoms. The quantitative estimate of drug-likeness (QED) is 0.887. The predicted octanol–water partition coefficient (Wildman–Crippen LogP) is 1.55. The van der Waals surface area contributed by atoms with Crippen LogP contribution in [0.4, 0.5) is 0 Å². The fourth-order valence-electron chi connectivity index (χ4n) is 1.72. The first-order chi connectivity index (χ1) is 9.26. The molecule has 0 bridgehead atoms. The van der Waals surface area contributed by atoms with Crippen LogP contribution in [-0.2, 0) is 16.6 Å². The molecule has 2 rings (SSSR count). The highest BCUT2D eigenvalue weighted by Crippen LogP contribution is 2.27. The van der Waals surface area contributed by atoms with Crippen molar-refractivity contribution in [3.63, 3.8) is 0 Å². The van der Waals surface area contributed by atoms with Gasteiger partial charge in [0, 0.05) is 18.8 Å². The summed E-state index contributed by atoms with van der Waals surface area (Å²) in [7, 11) is -3.62. The van der Waals surface area contributed by atoms with Crippen LogP contribution in [0.25, 0.3) is 0 Å². The molecule has 0 spiro atoms. The van der Waals surface area contributed by atoms with Crippen LogP contribution in [-0.4, -0.2) is 25.9 Å². The normalized spacial score (nSPS) is 18.4. The van der Waals surface area contributed by atoms with E-state index < -0.39 is 10.0 Å². The van der Waals surface area contributed by atoms with Gasteiger partial charge in [0.25, 0.3) is 0 Å². The summed E-state index contributed by atoms with van der Waals surface area (Å²) in [5.74, 6) is 1.04. The van der Waals surface area contributed by atoms with E-state index in [9.17, 15) is 8.42 Å². The Labute approximate surface area is 124 Å². The van der Waals surface area contributed by atoms with Gasteiger partial charge < -0.3 is 5.32 Å². The highest BCUT2D eigenvalue weighted by molar-refractivity contribution is 8.13. The van der Waals surface area contributed by atoms with Gasteiger partial charge in [0.1, 0.15) is 0 Å². The third-order valence-corrected chi connectivity index (χ3v) is 5.35. The maximum atomic E-state index is 11.1. The van der Waals surface area contributed by atoms with Crippen molar-refractivity contribution in [1.82, 2.24) is 5.32 Å². The van der Waals surface area contributed by atoms with E-state index in [4.69, 9.17) is 5.14 Å². The first-order valence-corrected chi connectivity index (χ1v) is 8.82. The SMILES string of the molecule is CC1(C)CN=C(NCc2ccc(S(N)(=O)=O)cc2)SC1. The van der Waals surface area contributed by atoms with Crippen LogP contribution in [0.3, 0.4) is 0 Å². The minimum Gasteiger partial charge on any atom is -0.361 e. The second-order valence-electron chi connectivity index (χ2n) is 5.62. The van der Waals surface area contributed by atoms with Gasteiger partial charge in [-0.05, 0) is 23.1 Å². The Bertz CT molecular complexity index is 607. The van der Waals surface area contributed by atoms with E-state index in [1.54, 1.807) is 23.9 Å². The Kier molecular flexibility index (Phi) is 4.41. The topological polar surface area (TPSA) is 84.5 Å². The van der Waals surface area contributed by atoms with Crippen LogP contribution in [0.1, 0.15) is 19.4 Å². The molecule has 0 fully saturated rings. The molecule has 1 aliphatic rings. The van der Waals surface area contributed by atoms with Crippen molar-refractivity contribution < 1.29 is 8.42 Å². The van der Waals surface area contributed by atoms with Gasteiger partial charge >= 0.3 is 0 Å². The Hall–Kier alpha value is -1.05. The van der Waals surface area contributed by atoms with Crippen LogP contribution < -0.4 is 10.5 Å². The average Bonchev–Trinajstić information content (AvgIpc) is 2.37. The van der Waals surface area contributed by atoms with E-state index >= 15 is 0 Å². The Morgan fingerprint density at radius 2 is 2.00 bits per heavy atom. The summed E-state index contributed by atoms with van der Waals surface area (Å²) in [5.41, 5.74) is 1.25. The zero-order chi connectivity index (χ0) is 14.8. The van der Waals surface area contributed by atoms with Gasteiger partial charge in [0.15, 0.2) is 5.17 Å². The molecule has 1 aromatic carbocycles. The number of rotatable bonds is 3. The van der Waals surface area contributed by atoms with Crippen LogP contribution in [0.15, 0.2) is 34.2 Å². The number of sulfonamides is 1. The van der Waals surface area contributed by atoms with Gasteiger partial charge in [0.2, 0.25) is 10.0 Å². The van der Waals surface area contributed by atoms with E-state index in [1.807, 2.05) is 0 Å². The fourth-order valence-corrected chi connectivity index (χ4v) is 3.19. The summed E-state index contributed by atoms with van der Waals surface area (Å²) in [4.78, 5) is 4.64. The molecule has 0 aromatic heterocycles. The second kappa shape index (κ2) is 5.75. The summed E-state index contributed by atoms with van der Waals surface area (Å²) in [6.45, 7) is 5.85. The lowest BCUT2D eigenvalue weighted by Crippen LogP contribution is -2.31. The van der Waals surface area contributed by atoms with Gasteiger partial charge in [-0.1, -0.05) is 37.7 Å². The Balaban J connectivity index is 1.94. The number of nitrogens with two attached hydrogens (primary N) is 1. The fraction of sp³-hybridized carbons (Fsp3) is 0.462. The lowest BCUT2D eigenvalue weighted by atomic mass is 9.97. The molecule has 0 atom stereocenters. The van der Waals surface area contributed by atoms with Crippen molar-refractivity contribution in [3.05, 3.63) is 29.8 Å². The Morgan fingerprint density at radius 3 is 2.50 bits per heavy atom. The minimum absolute atomic E-state index is 0.132. The van der Waals surface area contributed by atoms with Crippen molar-refractivity contribution in [2.45, 2.75) is 25.3 Å². The van der Waals surface area contributed by atoms with Crippen molar-refractivity contribution in [3.8, 4) is 0 Å². The number of thioether (sulfide) groups is 1. The minimum atomic E-state index is -3.62. The summed E-state index contributed by atoms with van der Waals surface area (Å²) < 4.78 is 22.3. The number of aliphatic imine (C=N–C) groups is 1. The molecule has 1 aliphatic heterocycles. The maximum Gasteiger partial charge on any atom is 0.238 e. The third-order valence-electron chi connectivity index (χ3n) is 2.95. The number of nitrogens with one attached hydrogen (secondary N) is 1. The standard InChI is InChI=1S/C13H19N3O2S2/c1-13(2)8-16-12(19-9-13)15-7-10-3-5-11(6-4-10)20(14,17)18/h3-6H,7-9H2,1-2H3,(H,15,16)(H2,14,17,18). The molecule has 0 saturated heterocycles. The van der Waals surface area contributed by atoms with Gasteiger partial charge in [-0.2, -0.15) is 0 Å². The van der Waals surface area contributed by atoms with Crippen LogP contribution in [0, 0.1) is 5.41 Å². The molecule has 0 saturated carbocycles. The van der Waals surface area contributed by atoms with Crippen molar-refractivity contribution >= 4 is 27.0 Å². The zero-order valence-electron chi connectivity index (χ0n) is 11.6. The first kappa shape index (κ1) is 15.3. The molecule has 1 aromatic rings. The van der Waals surface area contributed by atoms with Crippen molar-refractivity contribution in [2.24, 2.45) is 15.5 Å². The van der Waals surface area contributed by atoms with E-state index in [2.05, 4.69) is 24.2 Å². The van der Waals surface area contributed by atoms with Gasteiger partial charge in [-0.15, -0.1) is 0 Å². The molecule has 3 N–H and O–H groups in total. The molecule has 5 nitrogen and oxygen atoms in total. The van der Waals surface area contributed by atoms with E-state index in [-0.39, 0.29) is 10.3 Å². The van der Waals surface area contributed by atoms with Gasteiger partial charge in [-0.25, -0.2) is 13.6 Å². The number of amidine groups is 1. The van der Waals surface area contributed by atoms with Crippen LogP contribution in [0.5, 0.6) is 0 Å². The molecule has 1 heterocycles. The van der Waals surface area contributed by atoms with Gasteiger partial charge in [0.05, 0.1) is 4.90 Å². The lowest BCUT2D eigenvalue weighted by Gasteiger charge is -2.27. The zero-order valence-corrected chi connectivity index (χ0v) is 13.2. The van der Waals surface area contributed by atoms with Crippen LogP contribution >= 0.6 is 11.8 Å². The summed E-state index contributed by atoms with van der Waals surface area (Å²) >= 11 is 1.72. The van der Waals surface area contributed by atoms with Crippen LogP contribution in [0.2, 0.25) is 0 Å². The number of primary sulfonamides is 1. The second-order valence-corrected chi connectivity index (χ2v) is 8.14. The molecule has 7 heteroatoms. The van der Waals surface area contributed by atoms with E-state index in [0.717, 1.165) is 23.0 Å². The number of hydrogen-bond donors (Lipinski definition) is 2. The first-order valence-electron chi connectivity index (χ1n) is 6.29. The number of benzene rings is 1. The molecule has 0 unspecified atom stereocenters. The monoisotopic (exact) mass is 313 g/mol. The van der Waals surface area contributed by atoms with Crippen molar-refractivity contribution in [2.75, 3.05) is 12.3 Å².